The van der Waals surface area contributed by atoms with E-state index in [2.05, 4.69) is 0 Å². The number of carboxylic acids is 1. The van der Waals surface area contributed by atoms with E-state index in [1.165, 1.54) is 0 Å². The Labute approximate surface area is 88.0 Å². The van der Waals surface area contributed by atoms with Crippen molar-refractivity contribution in [3.63, 3.8) is 0 Å². The molecule has 0 N–H and O–H groups in total. The minimum absolute atomic E-state index is 0.313. The van der Waals surface area contributed by atoms with Gasteiger partial charge in [0.15, 0.2) is 0 Å². The number of aliphatic carboxylic acids is 1. The summed E-state index contributed by atoms with van der Waals surface area (Å²) >= 11 is 0. The molecule has 3 heteroatoms. The first kappa shape index (κ1) is 9.77. The fourth-order valence-electron chi connectivity index (χ4n) is 1.94. The third-order valence-corrected chi connectivity index (χ3v) is 2.44. The molecule has 1 heterocycles. The SMILES string of the molecule is Cc1cc(C)c2c(c1)OC/C2=C\C(=O)[O-]. The van der Waals surface area contributed by atoms with Crippen molar-refractivity contribution in [1.29, 1.82) is 0 Å². The first-order chi connectivity index (χ1) is 7.08. The van der Waals surface area contributed by atoms with Crippen LogP contribution in [0.4, 0.5) is 0 Å². The molecule has 0 spiro atoms. The predicted molar refractivity (Wildman–Crippen MR) is 54.4 cm³/mol. The second kappa shape index (κ2) is 3.42. The summed E-state index contributed by atoms with van der Waals surface area (Å²) in [5.41, 5.74) is 3.73. The highest BCUT2D eigenvalue weighted by Gasteiger charge is 2.19. The summed E-state index contributed by atoms with van der Waals surface area (Å²) in [5, 5.41) is 10.5. The number of carbonyl (C=O) groups excluding carboxylic acids is 1. The molecule has 0 unspecified atom stereocenters. The molecule has 0 saturated carbocycles. The Morgan fingerprint density at radius 2 is 2.20 bits per heavy atom. The average molecular weight is 203 g/mol. The Kier molecular flexibility index (Phi) is 2.23. The molecule has 1 aromatic carbocycles. The van der Waals surface area contributed by atoms with Crippen LogP contribution in [0.15, 0.2) is 18.2 Å². The van der Waals surface area contributed by atoms with Gasteiger partial charge in [-0.15, -0.1) is 0 Å². The van der Waals surface area contributed by atoms with Crippen LogP contribution >= 0.6 is 0 Å². The van der Waals surface area contributed by atoms with Crippen molar-refractivity contribution in [2.45, 2.75) is 13.8 Å². The Hall–Kier alpha value is -1.77. The Bertz CT molecular complexity index is 458. The first-order valence-corrected chi connectivity index (χ1v) is 4.74. The van der Waals surface area contributed by atoms with Gasteiger partial charge in [-0.3, -0.25) is 0 Å². The number of ether oxygens (including phenoxy) is 1. The highest BCUT2D eigenvalue weighted by molar-refractivity contribution is 5.92. The molecule has 0 aliphatic carbocycles. The summed E-state index contributed by atoms with van der Waals surface area (Å²) in [6.45, 7) is 4.24. The maximum absolute atomic E-state index is 10.5. The molecule has 1 aliphatic rings. The normalized spacial score (nSPS) is 16.3. The predicted octanol–water partition coefficient (Wildman–Crippen LogP) is 0.829. The minimum atomic E-state index is -1.18. The van der Waals surface area contributed by atoms with Crippen molar-refractivity contribution in [3.8, 4) is 5.75 Å². The van der Waals surface area contributed by atoms with Crippen LogP contribution in [0.5, 0.6) is 5.75 Å². The van der Waals surface area contributed by atoms with E-state index in [4.69, 9.17) is 4.74 Å². The van der Waals surface area contributed by atoms with Crippen LogP contribution in [0.25, 0.3) is 5.57 Å². The molecule has 0 radical (unpaired) electrons. The molecule has 1 aliphatic heterocycles. The van der Waals surface area contributed by atoms with E-state index in [1.54, 1.807) is 0 Å². The summed E-state index contributed by atoms with van der Waals surface area (Å²) in [4.78, 5) is 10.5. The van der Waals surface area contributed by atoms with E-state index in [0.717, 1.165) is 28.5 Å². The summed E-state index contributed by atoms with van der Waals surface area (Å²) in [5.74, 6) is -0.415. The van der Waals surface area contributed by atoms with Gasteiger partial charge in [0.2, 0.25) is 0 Å². The molecule has 2 rings (SSSR count). The second-order valence-electron chi connectivity index (χ2n) is 3.73. The van der Waals surface area contributed by atoms with Crippen molar-refractivity contribution in [1.82, 2.24) is 0 Å². The van der Waals surface area contributed by atoms with Gasteiger partial charge in [-0.05, 0) is 37.1 Å². The minimum Gasteiger partial charge on any atom is -0.545 e. The molecule has 78 valence electrons. The molecular weight excluding hydrogens is 192 g/mol. The van der Waals surface area contributed by atoms with E-state index in [9.17, 15) is 9.90 Å². The number of carbonyl (C=O) groups is 1. The summed E-state index contributed by atoms with van der Waals surface area (Å²) < 4.78 is 5.41. The quantitative estimate of drug-likeness (QED) is 0.635. The molecule has 1 aromatic rings. The van der Waals surface area contributed by atoms with Gasteiger partial charge in [0, 0.05) is 11.1 Å². The number of rotatable bonds is 1. The number of aryl methyl sites for hydroxylation is 2. The zero-order chi connectivity index (χ0) is 11.0. The fraction of sp³-hybridized carbons (Fsp3) is 0.250. The van der Waals surface area contributed by atoms with Gasteiger partial charge in [0.25, 0.3) is 0 Å². The van der Waals surface area contributed by atoms with Gasteiger partial charge >= 0.3 is 0 Å². The molecule has 0 atom stereocenters. The van der Waals surface area contributed by atoms with Crippen LogP contribution in [0.2, 0.25) is 0 Å². The van der Waals surface area contributed by atoms with Gasteiger partial charge in [-0.2, -0.15) is 0 Å². The maximum Gasteiger partial charge on any atom is 0.127 e. The highest BCUT2D eigenvalue weighted by Crippen LogP contribution is 2.36. The lowest BCUT2D eigenvalue weighted by molar-refractivity contribution is -0.297. The number of hydrogen-bond acceptors (Lipinski definition) is 3. The zero-order valence-electron chi connectivity index (χ0n) is 8.66. The lowest BCUT2D eigenvalue weighted by atomic mass is 9.99. The van der Waals surface area contributed by atoms with Crippen molar-refractivity contribution in [2.75, 3.05) is 6.61 Å². The van der Waals surface area contributed by atoms with Crippen LogP contribution in [-0.4, -0.2) is 12.6 Å². The molecular formula is C12H11O3-. The topological polar surface area (TPSA) is 49.4 Å². The van der Waals surface area contributed by atoms with Crippen molar-refractivity contribution in [2.24, 2.45) is 0 Å². The van der Waals surface area contributed by atoms with Gasteiger partial charge < -0.3 is 14.6 Å². The fourth-order valence-corrected chi connectivity index (χ4v) is 1.94. The Balaban J connectivity index is 2.56. The van der Waals surface area contributed by atoms with E-state index >= 15 is 0 Å². The molecule has 0 amide bonds. The number of fused-ring (bicyclic) bond motifs is 1. The maximum atomic E-state index is 10.5. The van der Waals surface area contributed by atoms with Crippen LogP contribution in [0, 0.1) is 13.8 Å². The number of carboxylic acid groups (broad SMARTS) is 1. The van der Waals surface area contributed by atoms with Crippen molar-refractivity contribution < 1.29 is 14.6 Å². The molecule has 15 heavy (non-hydrogen) atoms. The lowest BCUT2D eigenvalue weighted by Crippen LogP contribution is -2.19. The van der Waals surface area contributed by atoms with Gasteiger partial charge in [-0.25, -0.2) is 0 Å². The highest BCUT2D eigenvalue weighted by atomic mass is 16.5. The third-order valence-electron chi connectivity index (χ3n) is 2.44. The van der Waals surface area contributed by atoms with E-state index < -0.39 is 5.97 Å². The third kappa shape index (κ3) is 1.73. The van der Waals surface area contributed by atoms with E-state index in [-0.39, 0.29) is 0 Å². The summed E-state index contributed by atoms with van der Waals surface area (Å²) in [6.07, 6.45) is 1.11. The smallest absolute Gasteiger partial charge is 0.127 e. The standard InChI is InChI=1S/C12H12O3/c1-7-3-8(2)12-9(5-11(13)14)6-15-10(12)4-7/h3-5H,6H2,1-2H3,(H,13,14)/p-1/b9-5+. The zero-order valence-corrected chi connectivity index (χ0v) is 8.66. The monoisotopic (exact) mass is 203 g/mol. The molecule has 3 nitrogen and oxygen atoms in total. The van der Waals surface area contributed by atoms with Crippen molar-refractivity contribution >= 4 is 11.5 Å². The Morgan fingerprint density at radius 1 is 1.47 bits per heavy atom. The first-order valence-electron chi connectivity index (χ1n) is 4.74. The van der Waals surface area contributed by atoms with Crippen LogP contribution < -0.4 is 9.84 Å². The molecule has 0 fully saturated rings. The summed E-state index contributed by atoms with van der Waals surface area (Å²) in [6, 6.07) is 3.93. The van der Waals surface area contributed by atoms with Crippen molar-refractivity contribution in [3.05, 3.63) is 34.9 Å². The number of hydrogen-bond donors (Lipinski definition) is 0. The largest absolute Gasteiger partial charge is 0.545 e. The molecule has 0 aromatic heterocycles. The van der Waals surface area contributed by atoms with Gasteiger partial charge in [-0.1, -0.05) is 6.07 Å². The van der Waals surface area contributed by atoms with Crippen LogP contribution in [-0.2, 0) is 4.79 Å². The summed E-state index contributed by atoms with van der Waals surface area (Å²) in [7, 11) is 0. The van der Waals surface area contributed by atoms with E-state index in [1.807, 2.05) is 26.0 Å². The van der Waals surface area contributed by atoms with Crippen LogP contribution in [0.1, 0.15) is 16.7 Å². The van der Waals surface area contributed by atoms with Crippen LogP contribution in [0.3, 0.4) is 0 Å². The number of benzene rings is 1. The average Bonchev–Trinajstić information content (AvgIpc) is 2.46. The second-order valence-corrected chi connectivity index (χ2v) is 3.73. The lowest BCUT2D eigenvalue weighted by Gasteiger charge is -2.05. The molecule has 0 bridgehead atoms. The van der Waals surface area contributed by atoms with Gasteiger partial charge in [0.05, 0.1) is 5.97 Å². The van der Waals surface area contributed by atoms with Gasteiger partial charge in [0.1, 0.15) is 12.4 Å². The van der Waals surface area contributed by atoms with E-state index in [0.29, 0.717) is 12.2 Å². The molecule has 0 saturated heterocycles. The Morgan fingerprint density at radius 3 is 2.87 bits per heavy atom.